The number of carboxylic acid groups (broad SMARTS) is 1. The Labute approximate surface area is 196 Å². The Hall–Kier alpha value is -4.39. The van der Waals surface area contributed by atoms with Crippen LogP contribution in [0, 0.1) is 0 Å². The highest BCUT2D eigenvalue weighted by molar-refractivity contribution is 5.85. The summed E-state index contributed by atoms with van der Waals surface area (Å²) in [6, 6.07) is 24.3. The maximum atomic E-state index is 13.4. The van der Waals surface area contributed by atoms with Crippen molar-refractivity contribution in [2.45, 2.75) is 18.5 Å². The number of rotatable bonds is 6. The summed E-state index contributed by atoms with van der Waals surface area (Å²) in [6.07, 6.45) is 0.894. The van der Waals surface area contributed by atoms with Gasteiger partial charge in [-0.25, -0.2) is 14.6 Å². The van der Waals surface area contributed by atoms with Gasteiger partial charge in [-0.05, 0) is 27.8 Å². The largest absolute Gasteiger partial charge is 0.476 e. The number of benzene rings is 3. The third-order valence-corrected chi connectivity index (χ3v) is 6.10. The monoisotopic (exact) mass is 454 g/mol. The number of amides is 1. The van der Waals surface area contributed by atoms with Crippen LogP contribution < -0.4 is 0 Å². The topological polar surface area (TPSA) is 92.9 Å². The second kappa shape index (κ2) is 8.86. The number of nitrogens with zero attached hydrogens (tertiary/aromatic N) is 2. The number of aromatic carboxylic acids is 1. The summed E-state index contributed by atoms with van der Waals surface area (Å²) in [5, 5.41) is 9.41. The Balaban J connectivity index is 1.69. The van der Waals surface area contributed by atoms with Crippen LogP contribution in [0.15, 0.2) is 89.5 Å². The Morgan fingerprint density at radius 1 is 0.971 bits per heavy atom. The molecule has 0 saturated heterocycles. The van der Waals surface area contributed by atoms with Crippen molar-refractivity contribution >= 4 is 12.1 Å². The van der Waals surface area contributed by atoms with Crippen molar-refractivity contribution in [1.82, 2.24) is 9.88 Å². The molecule has 1 aliphatic carbocycles. The number of hydrogen-bond donors (Lipinski definition) is 1. The summed E-state index contributed by atoms with van der Waals surface area (Å²) < 4.78 is 10.9. The van der Waals surface area contributed by atoms with E-state index >= 15 is 0 Å². The fourth-order valence-corrected chi connectivity index (χ4v) is 4.63. The highest BCUT2D eigenvalue weighted by Gasteiger charge is 2.42. The quantitative estimate of drug-likeness (QED) is 0.414. The van der Waals surface area contributed by atoms with E-state index in [9.17, 15) is 14.7 Å². The maximum Gasteiger partial charge on any atom is 0.410 e. The van der Waals surface area contributed by atoms with E-state index in [0.717, 1.165) is 34.1 Å². The molecule has 1 atom stereocenters. The smallest absolute Gasteiger partial charge is 0.410 e. The van der Waals surface area contributed by atoms with Crippen molar-refractivity contribution in [3.05, 3.63) is 113 Å². The molecule has 4 aromatic rings. The lowest BCUT2D eigenvalue weighted by molar-refractivity contribution is 0.0690. The fraction of sp³-hybridized carbons (Fsp3) is 0.148. The highest BCUT2D eigenvalue weighted by atomic mass is 16.5. The lowest BCUT2D eigenvalue weighted by atomic mass is 9.98. The molecule has 0 aliphatic heterocycles. The van der Waals surface area contributed by atoms with Gasteiger partial charge in [-0.15, -0.1) is 0 Å². The number of hydrogen-bond acceptors (Lipinski definition) is 5. The van der Waals surface area contributed by atoms with E-state index in [1.165, 1.54) is 7.11 Å². The molecule has 7 heteroatoms. The predicted octanol–water partition coefficient (Wildman–Crippen LogP) is 5.50. The van der Waals surface area contributed by atoms with Crippen molar-refractivity contribution in [2.75, 3.05) is 7.11 Å². The molecule has 0 spiro atoms. The van der Waals surface area contributed by atoms with Gasteiger partial charge in [-0.3, -0.25) is 4.90 Å². The Kier molecular flexibility index (Phi) is 5.59. The van der Waals surface area contributed by atoms with Crippen molar-refractivity contribution in [2.24, 2.45) is 0 Å². The summed E-state index contributed by atoms with van der Waals surface area (Å²) in [6.45, 7) is 0. The molecular formula is C27H22N2O5. The summed E-state index contributed by atoms with van der Waals surface area (Å²) in [5.74, 6) is -1.07. The van der Waals surface area contributed by atoms with E-state index in [1.54, 1.807) is 4.90 Å². The molecular weight excluding hydrogens is 432 g/mol. The normalized spacial score (nSPS) is 13.1. The molecule has 34 heavy (non-hydrogen) atoms. The number of carbonyl (C=O) groups is 2. The number of fused-ring (bicyclic) bond motifs is 3. The minimum Gasteiger partial charge on any atom is -0.476 e. The predicted molar refractivity (Wildman–Crippen MR) is 124 cm³/mol. The zero-order valence-electron chi connectivity index (χ0n) is 18.4. The molecule has 1 aliphatic rings. The minimum absolute atomic E-state index is 0.133. The number of carbonyl (C=O) groups excluding carboxylic acids is 1. The fourth-order valence-electron chi connectivity index (χ4n) is 4.63. The van der Waals surface area contributed by atoms with Crippen LogP contribution >= 0.6 is 0 Å². The van der Waals surface area contributed by atoms with Gasteiger partial charge in [0.15, 0.2) is 5.69 Å². The molecule has 7 nitrogen and oxygen atoms in total. The molecule has 170 valence electrons. The van der Waals surface area contributed by atoms with Crippen LogP contribution in [0.5, 0.6) is 0 Å². The molecule has 1 amide bonds. The van der Waals surface area contributed by atoms with Crippen molar-refractivity contribution in [1.29, 1.82) is 0 Å². The molecule has 1 heterocycles. The van der Waals surface area contributed by atoms with Crippen LogP contribution in [0.2, 0.25) is 0 Å². The standard InChI is InChI=1S/C27H22N2O5/c1-33-27(32)29(24-20-13-7-5-11-18(20)19-12-6-8-14-21(19)24)23(15-17-9-3-2-4-10-17)25-28-22(16-34-25)26(30)31/h2-14,16,23-24H,15H2,1H3,(H,30,31). The molecule has 3 aromatic carbocycles. The lowest BCUT2D eigenvalue weighted by Gasteiger charge is -2.35. The van der Waals surface area contributed by atoms with Crippen molar-refractivity contribution < 1.29 is 23.8 Å². The third kappa shape index (κ3) is 3.71. The van der Waals surface area contributed by atoms with Gasteiger partial charge < -0.3 is 14.3 Å². The maximum absolute atomic E-state index is 13.4. The molecule has 1 N–H and O–H groups in total. The van der Waals surface area contributed by atoms with Crippen LogP contribution in [-0.2, 0) is 11.2 Å². The number of aromatic nitrogens is 1. The van der Waals surface area contributed by atoms with Gasteiger partial charge in [0.05, 0.1) is 13.2 Å². The molecule has 0 saturated carbocycles. The van der Waals surface area contributed by atoms with Crippen LogP contribution in [0.3, 0.4) is 0 Å². The highest BCUT2D eigenvalue weighted by Crippen LogP contribution is 2.49. The van der Waals surface area contributed by atoms with Gasteiger partial charge in [0.2, 0.25) is 5.89 Å². The molecule has 1 aromatic heterocycles. The first-order chi connectivity index (χ1) is 16.6. The first kappa shape index (κ1) is 21.5. The lowest BCUT2D eigenvalue weighted by Crippen LogP contribution is -2.39. The van der Waals surface area contributed by atoms with Gasteiger partial charge in [0, 0.05) is 6.42 Å². The molecule has 0 fully saturated rings. The molecule has 0 bridgehead atoms. The first-order valence-corrected chi connectivity index (χ1v) is 10.9. The van der Waals surface area contributed by atoms with Gasteiger partial charge >= 0.3 is 12.1 Å². The van der Waals surface area contributed by atoms with E-state index in [4.69, 9.17) is 9.15 Å². The molecule has 5 rings (SSSR count). The van der Waals surface area contributed by atoms with Crippen molar-refractivity contribution in [3.63, 3.8) is 0 Å². The Morgan fingerprint density at radius 3 is 2.12 bits per heavy atom. The second-order valence-corrected chi connectivity index (χ2v) is 8.04. The first-order valence-electron chi connectivity index (χ1n) is 10.9. The number of methoxy groups -OCH3 is 1. The van der Waals surface area contributed by atoms with Gasteiger partial charge in [-0.1, -0.05) is 78.9 Å². The van der Waals surface area contributed by atoms with E-state index in [0.29, 0.717) is 6.42 Å². The van der Waals surface area contributed by atoms with E-state index < -0.39 is 24.1 Å². The summed E-state index contributed by atoms with van der Waals surface area (Å²) in [5.41, 5.74) is 4.71. The average molecular weight is 454 g/mol. The minimum atomic E-state index is -1.20. The third-order valence-electron chi connectivity index (χ3n) is 6.10. The van der Waals surface area contributed by atoms with Gasteiger partial charge in [0.1, 0.15) is 12.3 Å². The average Bonchev–Trinajstić information content (AvgIpc) is 3.48. The molecule has 1 unspecified atom stereocenters. The van der Waals surface area contributed by atoms with Crippen LogP contribution in [0.4, 0.5) is 4.79 Å². The van der Waals surface area contributed by atoms with E-state index in [1.807, 2.05) is 78.9 Å². The Bertz CT molecular complexity index is 1300. The van der Waals surface area contributed by atoms with Crippen LogP contribution in [0.25, 0.3) is 11.1 Å². The van der Waals surface area contributed by atoms with Crippen LogP contribution in [0.1, 0.15) is 45.2 Å². The SMILES string of the molecule is COC(=O)N(C(Cc1ccccc1)c1nc(C(=O)O)co1)C1c2ccccc2-c2ccccc21. The number of oxazole rings is 1. The van der Waals surface area contributed by atoms with Crippen molar-refractivity contribution in [3.8, 4) is 11.1 Å². The summed E-state index contributed by atoms with van der Waals surface area (Å²) >= 11 is 0. The second-order valence-electron chi connectivity index (χ2n) is 8.04. The number of ether oxygens (including phenoxy) is 1. The van der Waals surface area contributed by atoms with Crippen LogP contribution in [-0.4, -0.2) is 34.2 Å². The summed E-state index contributed by atoms with van der Waals surface area (Å²) in [4.78, 5) is 30.7. The van der Waals surface area contributed by atoms with E-state index in [2.05, 4.69) is 4.98 Å². The van der Waals surface area contributed by atoms with Gasteiger partial charge in [-0.2, -0.15) is 0 Å². The molecule has 0 radical (unpaired) electrons. The summed E-state index contributed by atoms with van der Waals surface area (Å²) in [7, 11) is 1.33. The van der Waals surface area contributed by atoms with E-state index in [-0.39, 0.29) is 11.6 Å². The van der Waals surface area contributed by atoms with Gasteiger partial charge in [0.25, 0.3) is 0 Å². The number of carboxylic acids is 1. The zero-order valence-corrected chi connectivity index (χ0v) is 18.4. The Morgan fingerprint density at radius 2 is 1.56 bits per heavy atom. The zero-order chi connectivity index (χ0) is 23.7.